The van der Waals surface area contributed by atoms with E-state index in [4.69, 9.17) is 9.15 Å². The molecule has 23 heavy (non-hydrogen) atoms. The van der Waals surface area contributed by atoms with E-state index in [-0.39, 0.29) is 11.6 Å². The summed E-state index contributed by atoms with van der Waals surface area (Å²) in [6.45, 7) is 1.94. The van der Waals surface area contributed by atoms with Gasteiger partial charge in [-0.1, -0.05) is 6.92 Å². The minimum absolute atomic E-state index is 0.120. The van der Waals surface area contributed by atoms with Gasteiger partial charge in [0.15, 0.2) is 0 Å². The van der Waals surface area contributed by atoms with E-state index in [0.717, 1.165) is 10.9 Å². The molecule has 0 spiro atoms. The molecule has 0 N–H and O–H groups in total. The molecule has 0 aliphatic rings. The van der Waals surface area contributed by atoms with Crippen LogP contribution < -0.4 is 10.4 Å². The summed E-state index contributed by atoms with van der Waals surface area (Å²) in [5.41, 5.74) is 0.545. The molecule has 0 amide bonds. The van der Waals surface area contributed by atoms with E-state index < -0.39 is 10.5 Å². The highest BCUT2D eigenvalue weighted by atomic mass is 16.6. The summed E-state index contributed by atoms with van der Waals surface area (Å²) in [7, 11) is 0. The van der Waals surface area contributed by atoms with Gasteiger partial charge in [-0.05, 0) is 30.2 Å². The van der Waals surface area contributed by atoms with Crippen LogP contribution in [0.2, 0.25) is 0 Å². The Hall–Kier alpha value is -3.22. The Morgan fingerprint density at radius 1 is 1.30 bits per heavy atom. The quantitative estimate of drug-likeness (QED) is 0.416. The molecule has 0 unspecified atom stereocenters. The fourth-order valence-corrected chi connectivity index (χ4v) is 2.28. The van der Waals surface area contributed by atoms with E-state index in [9.17, 15) is 14.9 Å². The molecule has 0 fully saturated rings. The molecule has 7 heteroatoms. The number of ether oxygens (including phenoxy) is 1. The highest BCUT2D eigenvalue weighted by Crippen LogP contribution is 2.30. The summed E-state index contributed by atoms with van der Waals surface area (Å²) >= 11 is 0. The largest absolute Gasteiger partial charge is 0.434 e. The third-order valence-corrected chi connectivity index (χ3v) is 3.34. The van der Waals surface area contributed by atoms with Gasteiger partial charge in [0.1, 0.15) is 11.3 Å². The number of fused-ring (bicyclic) bond motifs is 1. The zero-order valence-electron chi connectivity index (χ0n) is 12.2. The number of hydrogen-bond acceptors (Lipinski definition) is 6. The van der Waals surface area contributed by atoms with Crippen LogP contribution in [0.1, 0.15) is 12.5 Å². The predicted molar refractivity (Wildman–Crippen MR) is 82.8 cm³/mol. The zero-order chi connectivity index (χ0) is 16.4. The van der Waals surface area contributed by atoms with E-state index in [1.807, 2.05) is 6.92 Å². The first-order valence-electron chi connectivity index (χ1n) is 6.92. The van der Waals surface area contributed by atoms with Crippen molar-refractivity contribution in [2.75, 3.05) is 0 Å². The smallest absolute Gasteiger partial charge is 0.336 e. The number of rotatable bonds is 4. The van der Waals surface area contributed by atoms with Gasteiger partial charge in [-0.2, -0.15) is 0 Å². The molecule has 2 aromatic heterocycles. The summed E-state index contributed by atoms with van der Waals surface area (Å²) in [5, 5.41) is 11.8. The topological polar surface area (TPSA) is 95.5 Å². The number of nitrogens with zero attached hydrogens (tertiary/aromatic N) is 2. The Morgan fingerprint density at radius 2 is 2.13 bits per heavy atom. The fourth-order valence-electron chi connectivity index (χ4n) is 2.28. The van der Waals surface area contributed by atoms with E-state index in [1.165, 1.54) is 30.5 Å². The van der Waals surface area contributed by atoms with Crippen LogP contribution in [0, 0.1) is 10.1 Å². The lowest BCUT2D eigenvalue weighted by Gasteiger charge is -2.07. The Morgan fingerprint density at radius 3 is 2.87 bits per heavy atom. The van der Waals surface area contributed by atoms with Gasteiger partial charge < -0.3 is 9.15 Å². The average Bonchev–Trinajstić information content (AvgIpc) is 2.54. The van der Waals surface area contributed by atoms with Crippen LogP contribution in [0.5, 0.6) is 11.6 Å². The molecule has 0 bridgehead atoms. The van der Waals surface area contributed by atoms with Gasteiger partial charge in [-0.25, -0.2) is 9.78 Å². The molecular formula is C16H12N2O5. The monoisotopic (exact) mass is 312 g/mol. The third-order valence-electron chi connectivity index (χ3n) is 3.34. The van der Waals surface area contributed by atoms with Gasteiger partial charge in [0.2, 0.25) is 0 Å². The second-order valence-corrected chi connectivity index (χ2v) is 4.79. The maximum atomic E-state index is 11.6. The van der Waals surface area contributed by atoms with Crippen LogP contribution >= 0.6 is 0 Å². The molecule has 0 radical (unpaired) electrons. The van der Waals surface area contributed by atoms with Gasteiger partial charge in [0.25, 0.3) is 5.88 Å². The van der Waals surface area contributed by atoms with Crippen LogP contribution in [0.3, 0.4) is 0 Å². The van der Waals surface area contributed by atoms with Crippen molar-refractivity contribution in [3.8, 4) is 11.6 Å². The van der Waals surface area contributed by atoms with Gasteiger partial charge in [0, 0.05) is 29.8 Å². The molecule has 0 aliphatic heterocycles. The fraction of sp³-hybridized carbons (Fsp3) is 0.125. The highest BCUT2D eigenvalue weighted by Gasteiger charge is 2.17. The average molecular weight is 312 g/mol. The first kappa shape index (κ1) is 14.7. The van der Waals surface area contributed by atoms with Crippen LogP contribution in [0.25, 0.3) is 11.0 Å². The lowest BCUT2D eigenvalue weighted by atomic mass is 10.1. The second kappa shape index (κ2) is 5.88. The Bertz CT molecular complexity index is 949. The van der Waals surface area contributed by atoms with Crippen molar-refractivity contribution in [2.24, 2.45) is 0 Å². The van der Waals surface area contributed by atoms with Crippen molar-refractivity contribution >= 4 is 16.7 Å². The van der Waals surface area contributed by atoms with E-state index >= 15 is 0 Å². The highest BCUT2D eigenvalue weighted by molar-refractivity contribution is 5.81. The lowest BCUT2D eigenvalue weighted by molar-refractivity contribution is -0.386. The summed E-state index contributed by atoms with van der Waals surface area (Å²) in [5.74, 6) is 0.182. The molecule has 3 aromatic rings. The molecular weight excluding hydrogens is 300 g/mol. The molecule has 0 atom stereocenters. The van der Waals surface area contributed by atoms with Crippen LogP contribution in [0.15, 0.2) is 51.8 Å². The van der Waals surface area contributed by atoms with Crippen molar-refractivity contribution in [2.45, 2.75) is 13.3 Å². The van der Waals surface area contributed by atoms with Crippen LogP contribution in [-0.2, 0) is 6.42 Å². The summed E-state index contributed by atoms with van der Waals surface area (Å²) < 4.78 is 10.6. The Labute approximate surface area is 130 Å². The zero-order valence-corrected chi connectivity index (χ0v) is 12.2. The summed E-state index contributed by atoms with van der Waals surface area (Å²) in [4.78, 5) is 25.8. The molecule has 116 valence electrons. The van der Waals surface area contributed by atoms with Crippen molar-refractivity contribution in [1.29, 1.82) is 0 Å². The van der Waals surface area contributed by atoms with Crippen molar-refractivity contribution < 1.29 is 14.1 Å². The molecule has 3 rings (SSSR count). The number of hydrogen-bond donors (Lipinski definition) is 0. The van der Waals surface area contributed by atoms with Crippen molar-refractivity contribution in [1.82, 2.24) is 4.98 Å². The molecule has 0 saturated carbocycles. The molecule has 7 nitrogen and oxygen atoms in total. The van der Waals surface area contributed by atoms with Crippen LogP contribution in [-0.4, -0.2) is 9.91 Å². The second-order valence-electron chi connectivity index (χ2n) is 4.79. The maximum Gasteiger partial charge on any atom is 0.336 e. The standard InChI is InChI=1S/C16H12N2O5/c1-2-10-8-15(19)23-14-9-11(5-6-12(10)14)22-16-13(18(20)21)4-3-7-17-16/h3-9H,2H2,1H3. The van der Waals surface area contributed by atoms with Gasteiger partial charge in [0.05, 0.1) is 4.92 Å². The van der Waals surface area contributed by atoms with E-state index in [2.05, 4.69) is 4.98 Å². The summed E-state index contributed by atoms with van der Waals surface area (Å²) in [6, 6.07) is 9.14. The normalized spacial score (nSPS) is 10.7. The van der Waals surface area contributed by atoms with E-state index in [1.54, 1.807) is 12.1 Å². The third kappa shape index (κ3) is 2.89. The van der Waals surface area contributed by atoms with Gasteiger partial charge in [-0.3, -0.25) is 10.1 Å². The number of aromatic nitrogens is 1. The predicted octanol–water partition coefficient (Wildman–Crippen LogP) is 3.45. The molecule has 1 aromatic carbocycles. The molecule has 0 saturated heterocycles. The SMILES string of the molecule is CCc1cc(=O)oc2cc(Oc3ncccc3[N+](=O)[O-])ccc12. The van der Waals surface area contributed by atoms with E-state index in [0.29, 0.717) is 17.8 Å². The molecule has 0 aliphatic carbocycles. The lowest BCUT2D eigenvalue weighted by Crippen LogP contribution is -2.00. The minimum Gasteiger partial charge on any atom is -0.434 e. The molecule has 2 heterocycles. The summed E-state index contributed by atoms with van der Waals surface area (Å²) in [6.07, 6.45) is 2.09. The Balaban J connectivity index is 2.05. The van der Waals surface area contributed by atoms with Crippen LogP contribution in [0.4, 0.5) is 5.69 Å². The number of benzene rings is 1. The first-order chi connectivity index (χ1) is 11.1. The number of nitro groups is 1. The number of pyridine rings is 1. The minimum atomic E-state index is -0.571. The number of aryl methyl sites for hydroxylation is 1. The van der Waals surface area contributed by atoms with Gasteiger partial charge >= 0.3 is 11.3 Å². The van der Waals surface area contributed by atoms with Gasteiger partial charge in [-0.15, -0.1) is 0 Å². The van der Waals surface area contributed by atoms with Crippen molar-refractivity contribution in [3.63, 3.8) is 0 Å². The Kier molecular flexibility index (Phi) is 3.76. The first-order valence-corrected chi connectivity index (χ1v) is 6.92. The van der Waals surface area contributed by atoms with Crippen molar-refractivity contribution in [3.05, 3.63) is 68.7 Å². The maximum absolute atomic E-state index is 11.6.